The SMILES string of the molecule is C/C=C(/c1ccc(C(=O)N(CC)CC)cc1O)c1ccccc1OC(CC)CCCC.CN. The smallest absolute Gasteiger partial charge is 0.253 e. The Morgan fingerprint density at radius 1 is 1.06 bits per heavy atom. The molecule has 2 rings (SSSR count). The second kappa shape index (κ2) is 15.1. The summed E-state index contributed by atoms with van der Waals surface area (Å²) in [7, 11) is 1.50. The van der Waals surface area contributed by atoms with Crippen LogP contribution in [-0.4, -0.2) is 42.2 Å². The summed E-state index contributed by atoms with van der Waals surface area (Å²) >= 11 is 0. The van der Waals surface area contributed by atoms with E-state index in [-0.39, 0.29) is 17.8 Å². The number of ether oxygens (including phenoxy) is 1. The summed E-state index contributed by atoms with van der Waals surface area (Å²) in [5.41, 5.74) is 7.52. The van der Waals surface area contributed by atoms with Crippen molar-refractivity contribution in [3.63, 3.8) is 0 Å². The highest BCUT2D eigenvalue weighted by Gasteiger charge is 2.19. The number of hydrogen-bond donors (Lipinski definition) is 2. The first-order valence-electron chi connectivity index (χ1n) is 12.1. The summed E-state index contributed by atoms with van der Waals surface area (Å²) < 4.78 is 6.38. The number of unbranched alkanes of at least 4 members (excludes halogenated alkanes) is 1. The molecule has 0 saturated heterocycles. The number of carbonyl (C=O) groups excluding carboxylic acids is 1. The predicted octanol–water partition coefficient (Wildman–Crippen LogP) is 6.25. The van der Waals surface area contributed by atoms with E-state index >= 15 is 0 Å². The molecule has 2 aromatic rings. The molecule has 0 saturated carbocycles. The highest BCUT2D eigenvalue weighted by molar-refractivity contribution is 5.96. The first-order valence-corrected chi connectivity index (χ1v) is 12.1. The van der Waals surface area contributed by atoms with Crippen molar-refractivity contribution in [1.29, 1.82) is 0 Å². The number of allylic oxidation sites excluding steroid dienone is 1. The van der Waals surface area contributed by atoms with Gasteiger partial charge in [-0.3, -0.25) is 4.79 Å². The molecule has 1 amide bonds. The molecular weight excluding hydrogens is 412 g/mol. The second-order valence-electron chi connectivity index (χ2n) is 7.70. The fourth-order valence-electron chi connectivity index (χ4n) is 3.79. The van der Waals surface area contributed by atoms with E-state index in [2.05, 4.69) is 19.6 Å². The van der Waals surface area contributed by atoms with Crippen LogP contribution in [-0.2, 0) is 0 Å². The van der Waals surface area contributed by atoms with E-state index in [9.17, 15) is 9.90 Å². The molecule has 1 atom stereocenters. The quantitative estimate of drug-likeness (QED) is 0.421. The third-order valence-corrected chi connectivity index (χ3v) is 5.68. The van der Waals surface area contributed by atoms with E-state index in [0.29, 0.717) is 24.2 Å². The van der Waals surface area contributed by atoms with Crippen molar-refractivity contribution in [1.82, 2.24) is 4.90 Å². The number of carbonyl (C=O) groups is 1. The highest BCUT2D eigenvalue weighted by atomic mass is 16.5. The number of rotatable bonds is 11. The lowest BCUT2D eigenvalue weighted by Crippen LogP contribution is -2.30. The zero-order chi connectivity index (χ0) is 24.8. The van der Waals surface area contributed by atoms with E-state index in [4.69, 9.17) is 4.74 Å². The Kier molecular flexibility index (Phi) is 12.9. The highest BCUT2D eigenvalue weighted by Crippen LogP contribution is 2.36. The van der Waals surface area contributed by atoms with Crippen molar-refractivity contribution < 1.29 is 14.6 Å². The number of benzene rings is 2. The van der Waals surface area contributed by atoms with Gasteiger partial charge in [0.05, 0.1) is 6.10 Å². The molecule has 1 unspecified atom stereocenters. The fraction of sp³-hybridized carbons (Fsp3) is 0.464. The average molecular weight is 455 g/mol. The summed E-state index contributed by atoms with van der Waals surface area (Å²) in [6.07, 6.45) is 6.42. The Morgan fingerprint density at radius 3 is 2.27 bits per heavy atom. The van der Waals surface area contributed by atoms with Gasteiger partial charge in [-0.15, -0.1) is 0 Å². The van der Waals surface area contributed by atoms with E-state index < -0.39 is 0 Å². The van der Waals surface area contributed by atoms with Crippen LogP contribution < -0.4 is 10.5 Å². The largest absolute Gasteiger partial charge is 0.507 e. The molecule has 0 aliphatic heterocycles. The van der Waals surface area contributed by atoms with Crippen molar-refractivity contribution in [2.75, 3.05) is 20.1 Å². The van der Waals surface area contributed by atoms with Gasteiger partial charge in [0.1, 0.15) is 11.5 Å². The van der Waals surface area contributed by atoms with Gasteiger partial charge in [0, 0.05) is 29.8 Å². The maximum atomic E-state index is 12.7. The number of phenols is 1. The van der Waals surface area contributed by atoms with Crippen molar-refractivity contribution in [3.05, 3.63) is 65.2 Å². The number of nitrogens with zero attached hydrogens (tertiary/aromatic N) is 1. The van der Waals surface area contributed by atoms with Gasteiger partial charge >= 0.3 is 0 Å². The molecule has 3 N–H and O–H groups in total. The summed E-state index contributed by atoms with van der Waals surface area (Å²) in [4.78, 5) is 14.4. The van der Waals surface area contributed by atoms with Crippen molar-refractivity contribution in [2.45, 2.75) is 66.4 Å². The molecular formula is C28H42N2O3. The number of para-hydroxylation sites is 1. The first kappa shape index (κ1) is 28.2. The van der Waals surface area contributed by atoms with E-state index in [1.165, 1.54) is 7.05 Å². The molecule has 2 aromatic carbocycles. The van der Waals surface area contributed by atoms with Crippen molar-refractivity contribution in [2.24, 2.45) is 5.73 Å². The molecule has 0 radical (unpaired) electrons. The number of phenolic OH excluding ortho intramolecular Hbond substituents is 1. The summed E-state index contributed by atoms with van der Waals surface area (Å²) in [5.74, 6) is 0.847. The summed E-state index contributed by atoms with van der Waals surface area (Å²) in [6.45, 7) is 11.5. The normalized spacial score (nSPS) is 11.9. The minimum Gasteiger partial charge on any atom is -0.507 e. The Balaban J connectivity index is 0.00000265. The number of aromatic hydroxyl groups is 1. The Labute approximate surface area is 200 Å². The Bertz CT molecular complexity index is 888. The minimum absolute atomic E-state index is 0.0701. The van der Waals surface area contributed by atoms with Crippen molar-refractivity contribution in [3.8, 4) is 11.5 Å². The maximum Gasteiger partial charge on any atom is 0.253 e. The third-order valence-electron chi connectivity index (χ3n) is 5.68. The van der Waals surface area contributed by atoms with Crippen LogP contribution in [0.15, 0.2) is 48.5 Å². The van der Waals surface area contributed by atoms with Gasteiger partial charge in [0.25, 0.3) is 5.91 Å². The second-order valence-corrected chi connectivity index (χ2v) is 7.70. The van der Waals surface area contributed by atoms with Crippen LogP contribution in [0, 0.1) is 0 Å². The van der Waals surface area contributed by atoms with E-state index in [0.717, 1.165) is 42.6 Å². The zero-order valence-corrected chi connectivity index (χ0v) is 21.2. The van der Waals surface area contributed by atoms with E-state index in [1.54, 1.807) is 17.0 Å². The van der Waals surface area contributed by atoms with Crippen LogP contribution in [0.1, 0.15) is 81.8 Å². The average Bonchev–Trinajstić information content (AvgIpc) is 2.85. The van der Waals surface area contributed by atoms with Gasteiger partial charge < -0.3 is 20.5 Å². The van der Waals surface area contributed by atoms with Gasteiger partial charge in [0.2, 0.25) is 0 Å². The van der Waals surface area contributed by atoms with Crippen molar-refractivity contribution >= 4 is 11.5 Å². The lowest BCUT2D eigenvalue weighted by molar-refractivity contribution is 0.0772. The molecule has 0 bridgehead atoms. The van der Waals surface area contributed by atoms with Crippen LogP contribution in [0.3, 0.4) is 0 Å². The molecule has 5 heteroatoms. The molecule has 0 heterocycles. The van der Waals surface area contributed by atoms with Gasteiger partial charge in [-0.1, -0.05) is 51.0 Å². The first-order chi connectivity index (χ1) is 16.0. The molecule has 182 valence electrons. The van der Waals surface area contributed by atoms with Gasteiger partial charge in [-0.05, 0) is 70.5 Å². The number of nitrogens with two attached hydrogens (primary N) is 1. The van der Waals surface area contributed by atoms with Crippen LogP contribution in [0.4, 0.5) is 0 Å². The predicted molar refractivity (Wildman–Crippen MR) is 139 cm³/mol. The fourth-order valence-corrected chi connectivity index (χ4v) is 3.79. The molecule has 0 aliphatic carbocycles. The molecule has 0 spiro atoms. The van der Waals surface area contributed by atoms with E-state index in [1.807, 2.05) is 57.2 Å². The van der Waals surface area contributed by atoms with Crippen LogP contribution >= 0.6 is 0 Å². The standard InChI is InChI=1S/C27H37NO3.CH5N/c1-6-11-14-21(7-2)31-26-16-13-12-15-24(26)22(8-3)23-18-17-20(19-25(23)29)27(30)28(9-4)10-5;1-2/h8,12-13,15-19,21,29H,6-7,9-11,14H2,1-5H3;2H2,1H3/b22-8-;. The molecule has 33 heavy (non-hydrogen) atoms. The maximum absolute atomic E-state index is 12.7. The third kappa shape index (κ3) is 7.64. The van der Waals surface area contributed by atoms with Crippen LogP contribution in [0.2, 0.25) is 0 Å². The lowest BCUT2D eigenvalue weighted by atomic mass is 9.94. The summed E-state index contributed by atoms with van der Waals surface area (Å²) in [5, 5.41) is 10.8. The number of hydrogen-bond acceptors (Lipinski definition) is 4. The molecule has 0 aromatic heterocycles. The van der Waals surface area contributed by atoms with Gasteiger partial charge in [-0.25, -0.2) is 0 Å². The van der Waals surface area contributed by atoms with Gasteiger partial charge in [0.15, 0.2) is 0 Å². The molecule has 5 nitrogen and oxygen atoms in total. The Hall–Kier alpha value is -2.79. The monoisotopic (exact) mass is 454 g/mol. The van der Waals surface area contributed by atoms with Gasteiger partial charge in [-0.2, -0.15) is 0 Å². The minimum atomic E-state index is -0.0701. The lowest BCUT2D eigenvalue weighted by Gasteiger charge is -2.22. The molecule has 0 aliphatic rings. The summed E-state index contributed by atoms with van der Waals surface area (Å²) in [6, 6.07) is 13.1. The van der Waals surface area contributed by atoms with Crippen LogP contribution in [0.5, 0.6) is 11.5 Å². The Morgan fingerprint density at radius 2 is 1.73 bits per heavy atom. The topological polar surface area (TPSA) is 75.8 Å². The zero-order valence-electron chi connectivity index (χ0n) is 21.2. The number of amides is 1. The van der Waals surface area contributed by atoms with Crippen LogP contribution in [0.25, 0.3) is 5.57 Å². The molecule has 0 fully saturated rings.